The quantitative estimate of drug-likeness (QED) is 0.362. The molecule has 4 heterocycles. The number of hydrogen-bond acceptors (Lipinski definition) is 6. The summed E-state index contributed by atoms with van der Waals surface area (Å²) in [6, 6.07) is 15.2. The molecule has 0 spiro atoms. The van der Waals surface area contributed by atoms with Gasteiger partial charge < -0.3 is 4.90 Å². The van der Waals surface area contributed by atoms with Crippen molar-refractivity contribution in [3.63, 3.8) is 0 Å². The lowest BCUT2D eigenvalue weighted by Crippen LogP contribution is -2.40. The number of aromatic nitrogens is 2. The SMILES string of the molecule is C[C@H]1C[C@H](C)CN(c2nc3ccccn3c(=O)c2/C=C2/SC(=S)N([C@@H](C)c3ccccc3)C2=O)C1. The van der Waals surface area contributed by atoms with Crippen LogP contribution in [0.15, 0.2) is 64.4 Å². The van der Waals surface area contributed by atoms with Crippen LogP contribution in [0.25, 0.3) is 11.7 Å². The first-order valence-electron chi connectivity index (χ1n) is 11.9. The molecule has 2 saturated heterocycles. The minimum Gasteiger partial charge on any atom is -0.355 e. The monoisotopic (exact) mass is 504 g/mol. The zero-order chi connectivity index (χ0) is 24.7. The summed E-state index contributed by atoms with van der Waals surface area (Å²) in [6.45, 7) is 8.08. The van der Waals surface area contributed by atoms with E-state index in [0.29, 0.717) is 38.1 Å². The highest BCUT2D eigenvalue weighted by molar-refractivity contribution is 8.26. The van der Waals surface area contributed by atoms with Crippen LogP contribution in [-0.2, 0) is 4.79 Å². The number of fused-ring (bicyclic) bond motifs is 1. The van der Waals surface area contributed by atoms with Crippen molar-refractivity contribution in [1.29, 1.82) is 0 Å². The molecule has 2 aromatic heterocycles. The van der Waals surface area contributed by atoms with E-state index >= 15 is 0 Å². The van der Waals surface area contributed by atoms with E-state index in [9.17, 15) is 9.59 Å². The number of anilines is 1. The minimum absolute atomic E-state index is 0.180. The second-order valence-corrected chi connectivity index (χ2v) is 11.2. The molecule has 3 atom stereocenters. The Labute approximate surface area is 214 Å². The van der Waals surface area contributed by atoms with Crippen LogP contribution in [0.3, 0.4) is 0 Å². The molecule has 2 aliphatic rings. The van der Waals surface area contributed by atoms with Crippen molar-refractivity contribution in [2.75, 3.05) is 18.0 Å². The molecule has 35 heavy (non-hydrogen) atoms. The highest BCUT2D eigenvalue weighted by Crippen LogP contribution is 2.38. The van der Waals surface area contributed by atoms with E-state index in [2.05, 4.69) is 18.7 Å². The van der Waals surface area contributed by atoms with E-state index in [-0.39, 0.29) is 17.5 Å². The van der Waals surface area contributed by atoms with Crippen LogP contribution >= 0.6 is 24.0 Å². The predicted molar refractivity (Wildman–Crippen MR) is 146 cm³/mol. The van der Waals surface area contributed by atoms with Crippen molar-refractivity contribution in [1.82, 2.24) is 14.3 Å². The molecule has 180 valence electrons. The van der Waals surface area contributed by atoms with Crippen LogP contribution in [-0.4, -0.2) is 37.6 Å². The van der Waals surface area contributed by atoms with Gasteiger partial charge in [0.15, 0.2) is 0 Å². The molecular formula is C27H28N4O2S2. The molecule has 0 radical (unpaired) electrons. The number of thioether (sulfide) groups is 1. The molecule has 8 heteroatoms. The van der Waals surface area contributed by atoms with E-state index in [0.717, 1.165) is 25.1 Å². The Balaban J connectivity index is 1.59. The van der Waals surface area contributed by atoms with E-state index in [1.807, 2.05) is 55.5 Å². The number of pyridine rings is 1. The van der Waals surface area contributed by atoms with Crippen LogP contribution in [0.5, 0.6) is 0 Å². The highest BCUT2D eigenvalue weighted by Gasteiger charge is 2.37. The second-order valence-electron chi connectivity index (χ2n) is 9.57. The number of piperidine rings is 1. The summed E-state index contributed by atoms with van der Waals surface area (Å²) >= 11 is 6.85. The number of amides is 1. The Morgan fingerprint density at radius 3 is 2.46 bits per heavy atom. The Bertz CT molecular complexity index is 1370. The van der Waals surface area contributed by atoms with Crippen LogP contribution in [0, 0.1) is 11.8 Å². The van der Waals surface area contributed by atoms with Gasteiger partial charge in [0, 0.05) is 19.3 Å². The lowest BCUT2D eigenvalue weighted by atomic mass is 9.91. The molecule has 0 bridgehead atoms. The van der Waals surface area contributed by atoms with Crippen LogP contribution in [0.4, 0.5) is 5.82 Å². The number of carbonyl (C=O) groups excluding carboxylic acids is 1. The molecule has 5 rings (SSSR count). The average Bonchev–Trinajstić information content (AvgIpc) is 3.12. The van der Waals surface area contributed by atoms with Crippen molar-refractivity contribution in [2.45, 2.75) is 33.2 Å². The third-order valence-corrected chi connectivity index (χ3v) is 8.02. The first-order valence-corrected chi connectivity index (χ1v) is 13.1. The van der Waals surface area contributed by atoms with Gasteiger partial charge in [-0.25, -0.2) is 4.98 Å². The third-order valence-electron chi connectivity index (χ3n) is 6.69. The Morgan fingerprint density at radius 2 is 1.74 bits per heavy atom. The normalized spacial score (nSPS) is 22.9. The fourth-order valence-corrected chi connectivity index (χ4v) is 6.52. The number of rotatable bonds is 4. The van der Waals surface area contributed by atoms with Crippen LogP contribution in [0.2, 0.25) is 0 Å². The number of hydrogen-bond donors (Lipinski definition) is 0. The molecule has 0 aliphatic carbocycles. The van der Waals surface area contributed by atoms with Gasteiger partial charge >= 0.3 is 0 Å². The number of nitrogens with zero attached hydrogens (tertiary/aromatic N) is 4. The second kappa shape index (κ2) is 9.59. The van der Waals surface area contributed by atoms with Gasteiger partial charge in [-0.15, -0.1) is 0 Å². The summed E-state index contributed by atoms with van der Waals surface area (Å²) in [5, 5.41) is 0. The van der Waals surface area contributed by atoms with E-state index in [1.165, 1.54) is 11.8 Å². The topological polar surface area (TPSA) is 57.9 Å². The first-order chi connectivity index (χ1) is 16.8. The molecule has 1 amide bonds. The molecule has 0 N–H and O–H groups in total. The molecule has 2 fully saturated rings. The Morgan fingerprint density at radius 1 is 1.06 bits per heavy atom. The molecule has 0 unspecified atom stereocenters. The van der Waals surface area contributed by atoms with Gasteiger partial charge in [0.1, 0.15) is 15.8 Å². The zero-order valence-electron chi connectivity index (χ0n) is 20.0. The largest absolute Gasteiger partial charge is 0.355 e. The summed E-state index contributed by atoms with van der Waals surface area (Å²) < 4.78 is 2.03. The zero-order valence-corrected chi connectivity index (χ0v) is 21.7. The van der Waals surface area contributed by atoms with E-state index in [4.69, 9.17) is 17.2 Å². The molecule has 1 aromatic carbocycles. The maximum atomic E-state index is 13.7. The summed E-state index contributed by atoms with van der Waals surface area (Å²) in [6.07, 6.45) is 4.56. The number of carbonyl (C=O) groups is 1. The third kappa shape index (κ3) is 4.52. The van der Waals surface area contributed by atoms with Crippen molar-refractivity contribution >= 4 is 51.7 Å². The van der Waals surface area contributed by atoms with Crippen LogP contribution in [0.1, 0.15) is 44.4 Å². The highest BCUT2D eigenvalue weighted by atomic mass is 32.2. The Hall–Kier alpha value is -2.97. The fraction of sp³-hybridized carbons (Fsp3) is 0.333. The lowest BCUT2D eigenvalue weighted by Gasteiger charge is -2.36. The molecule has 6 nitrogen and oxygen atoms in total. The summed E-state index contributed by atoms with van der Waals surface area (Å²) in [4.78, 5) is 36.3. The molecule has 3 aromatic rings. The first kappa shape index (κ1) is 23.8. The van der Waals surface area contributed by atoms with Gasteiger partial charge in [0.05, 0.1) is 16.5 Å². The van der Waals surface area contributed by atoms with Gasteiger partial charge in [-0.2, -0.15) is 0 Å². The molecule has 0 saturated carbocycles. The van der Waals surface area contributed by atoms with Gasteiger partial charge in [0.2, 0.25) is 0 Å². The predicted octanol–water partition coefficient (Wildman–Crippen LogP) is 5.14. The molecular weight excluding hydrogens is 476 g/mol. The summed E-state index contributed by atoms with van der Waals surface area (Å²) in [5.41, 5.74) is 1.86. The summed E-state index contributed by atoms with van der Waals surface area (Å²) in [5.74, 6) is 1.45. The van der Waals surface area contributed by atoms with Gasteiger partial charge in [-0.3, -0.25) is 18.9 Å². The summed E-state index contributed by atoms with van der Waals surface area (Å²) in [7, 11) is 0. The van der Waals surface area contributed by atoms with Gasteiger partial charge in [0.25, 0.3) is 11.5 Å². The lowest BCUT2D eigenvalue weighted by molar-refractivity contribution is -0.123. The maximum Gasteiger partial charge on any atom is 0.267 e. The van der Waals surface area contributed by atoms with Crippen LogP contribution < -0.4 is 10.5 Å². The van der Waals surface area contributed by atoms with Crippen molar-refractivity contribution in [3.8, 4) is 0 Å². The maximum absolute atomic E-state index is 13.7. The number of benzene rings is 1. The van der Waals surface area contributed by atoms with Crippen molar-refractivity contribution in [2.24, 2.45) is 11.8 Å². The van der Waals surface area contributed by atoms with E-state index in [1.54, 1.807) is 21.6 Å². The van der Waals surface area contributed by atoms with Crippen molar-refractivity contribution < 1.29 is 4.79 Å². The Kier molecular flexibility index (Phi) is 6.51. The fourth-order valence-electron chi connectivity index (χ4n) is 5.12. The smallest absolute Gasteiger partial charge is 0.267 e. The van der Waals surface area contributed by atoms with E-state index < -0.39 is 0 Å². The number of thiocarbonyl (C=S) groups is 1. The average molecular weight is 505 g/mol. The van der Waals surface area contributed by atoms with Gasteiger partial charge in [-0.05, 0) is 49.0 Å². The van der Waals surface area contributed by atoms with Gasteiger partial charge in [-0.1, -0.05) is 74.2 Å². The minimum atomic E-state index is -0.200. The standard InChI is InChI=1S/C27H28N4O2S2/c1-17-13-18(2)16-29(15-17)24-21(25(32)30-12-8-7-11-23(30)28-24)14-22-26(33)31(27(34)35-22)19(3)20-9-5-4-6-10-20/h4-12,14,17-19H,13,15-16H2,1-3H3/b22-14+/t17-,18-,19-/m0/s1. The molecule has 2 aliphatic heterocycles. The van der Waals surface area contributed by atoms with Crippen molar-refractivity contribution in [3.05, 3.63) is 81.1 Å².